The van der Waals surface area contributed by atoms with Gasteiger partial charge in [0, 0.05) is 24.3 Å². The second kappa shape index (κ2) is 6.92. The van der Waals surface area contributed by atoms with Gasteiger partial charge in [-0.1, -0.05) is 11.6 Å². The van der Waals surface area contributed by atoms with Crippen LogP contribution in [-0.2, 0) is 12.8 Å². The van der Waals surface area contributed by atoms with E-state index in [0.717, 1.165) is 30.5 Å². The Labute approximate surface area is 144 Å². The van der Waals surface area contributed by atoms with Gasteiger partial charge >= 0.3 is 6.03 Å². The van der Waals surface area contributed by atoms with Gasteiger partial charge in [0.25, 0.3) is 5.91 Å². The third kappa shape index (κ3) is 3.51. The van der Waals surface area contributed by atoms with E-state index in [9.17, 15) is 9.59 Å². The summed E-state index contributed by atoms with van der Waals surface area (Å²) in [4.78, 5) is 23.7. The molecule has 24 heavy (non-hydrogen) atoms. The van der Waals surface area contributed by atoms with Gasteiger partial charge in [0.05, 0.1) is 16.9 Å². The number of hydrogen-bond acceptors (Lipinski definition) is 3. The number of anilines is 1. The van der Waals surface area contributed by atoms with Crippen LogP contribution in [0.4, 0.5) is 10.5 Å². The molecule has 1 aliphatic carbocycles. The van der Waals surface area contributed by atoms with Gasteiger partial charge in [0.2, 0.25) is 0 Å². The fourth-order valence-corrected chi connectivity index (χ4v) is 3.01. The summed E-state index contributed by atoms with van der Waals surface area (Å²) in [6, 6.07) is 4.48. The maximum absolute atomic E-state index is 12.2. The number of hydrogen-bond donors (Lipinski definition) is 4. The molecule has 0 aliphatic heterocycles. The molecule has 1 aromatic carbocycles. The summed E-state index contributed by atoms with van der Waals surface area (Å²) in [6.07, 6.45) is 4.27. The highest BCUT2D eigenvalue weighted by Gasteiger charge is 2.21. The Bertz CT molecular complexity index is 774. The van der Waals surface area contributed by atoms with E-state index in [-0.39, 0.29) is 18.0 Å². The predicted octanol–water partition coefficient (Wildman–Crippen LogP) is 2.10. The second-order valence-corrected chi connectivity index (χ2v) is 6.09. The van der Waals surface area contributed by atoms with Crippen molar-refractivity contribution in [2.24, 2.45) is 0 Å². The van der Waals surface area contributed by atoms with Crippen LogP contribution in [0.3, 0.4) is 0 Å². The fourth-order valence-electron chi connectivity index (χ4n) is 2.79. The molecule has 0 unspecified atom stereocenters. The smallest absolute Gasteiger partial charge is 0.319 e. The Morgan fingerprint density at radius 3 is 2.96 bits per heavy atom. The van der Waals surface area contributed by atoms with E-state index in [4.69, 9.17) is 11.6 Å². The molecule has 0 bridgehead atoms. The van der Waals surface area contributed by atoms with Crippen LogP contribution in [0.2, 0.25) is 5.02 Å². The molecular weight excluding hydrogens is 330 g/mol. The molecule has 1 aromatic heterocycles. The number of aromatic nitrogens is 2. The number of amides is 3. The third-order valence-corrected chi connectivity index (χ3v) is 4.37. The zero-order valence-corrected chi connectivity index (χ0v) is 13.9. The molecule has 0 saturated carbocycles. The SMILES string of the molecule is CNC(=O)c1ccc(NC(=O)N[C@H]2CCc3[nH]ncc3C2)c(Cl)c1. The van der Waals surface area contributed by atoms with Crippen LogP contribution in [0.15, 0.2) is 24.4 Å². The first-order chi connectivity index (χ1) is 11.6. The van der Waals surface area contributed by atoms with Gasteiger partial charge in [-0.15, -0.1) is 0 Å². The zero-order chi connectivity index (χ0) is 17.1. The molecule has 4 N–H and O–H groups in total. The van der Waals surface area contributed by atoms with Crippen molar-refractivity contribution in [2.45, 2.75) is 25.3 Å². The van der Waals surface area contributed by atoms with Crippen molar-refractivity contribution in [3.63, 3.8) is 0 Å². The number of carbonyl (C=O) groups is 2. The monoisotopic (exact) mass is 347 g/mol. The number of nitrogens with zero attached hydrogens (tertiary/aromatic N) is 1. The maximum atomic E-state index is 12.2. The van der Waals surface area contributed by atoms with Crippen LogP contribution in [0.5, 0.6) is 0 Å². The summed E-state index contributed by atoms with van der Waals surface area (Å²) in [6.45, 7) is 0. The Morgan fingerprint density at radius 2 is 2.21 bits per heavy atom. The van der Waals surface area contributed by atoms with Crippen molar-refractivity contribution >= 4 is 29.2 Å². The topological polar surface area (TPSA) is 98.9 Å². The molecule has 0 fully saturated rings. The second-order valence-electron chi connectivity index (χ2n) is 5.69. The number of carbonyl (C=O) groups excluding carboxylic acids is 2. The molecule has 8 heteroatoms. The minimum Gasteiger partial charge on any atom is -0.355 e. The normalized spacial score (nSPS) is 16.2. The molecular formula is C16H18ClN5O2. The summed E-state index contributed by atoms with van der Waals surface area (Å²) in [5, 5.41) is 15.5. The third-order valence-electron chi connectivity index (χ3n) is 4.06. The van der Waals surface area contributed by atoms with E-state index in [1.165, 1.54) is 6.07 Å². The largest absolute Gasteiger partial charge is 0.355 e. The number of nitrogens with one attached hydrogen (secondary N) is 4. The van der Waals surface area contributed by atoms with E-state index >= 15 is 0 Å². The van der Waals surface area contributed by atoms with Crippen LogP contribution in [-0.4, -0.2) is 35.2 Å². The van der Waals surface area contributed by atoms with Crippen molar-refractivity contribution in [3.8, 4) is 0 Å². The van der Waals surface area contributed by atoms with Crippen LogP contribution in [0.25, 0.3) is 0 Å². The highest BCUT2D eigenvalue weighted by molar-refractivity contribution is 6.34. The Hall–Kier alpha value is -2.54. The van der Waals surface area contributed by atoms with Crippen molar-refractivity contribution in [1.82, 2.24) is 20.8 Å². The van der Waals surface area contributed by atoms with Gasteiger partial charge in [-0.3, -0.25) is 9.89 Å². The van der Waals surface area contributed by atoms with Crippen LogP contribution in [0, 0.1) is 0 Å². The number of rotatable bonds is 3. The molecule has 2 aromatic rings. The van der Waals surface area contributed by atoms with Crippen molar-refractivity contribution in [3.05, 3.63) is 46.2 Å². The zero-order valence-electron chi connectivity index (χ0n) is 13.1. The fraction of sp³-hybridized carbons (Fsp3) is 0.312. The lowest BCUT2D eigenvalue weighted by Crippen LogP contribution is -2.41. The lowest BCUT2D eigenvalue weighted by Gasteiger charge is -2.23. The van der Waals surface area contributed by atoms with Crippen LogP contribution in [0.1, 0.15) is 28.0 Å². The molecule has 3 amide bonds. The van der Waals surface area contributed by atoms with E-state index in [1.54, 1.807) is 25.4 Å². The Morgan fingerprint density at radius 1 is 1.38 bits per heavy atom. The van der Waals surface area contributed by atoms with Gasteiger partial charge in [-0.05, 0) is 43.0 Å². The molecule has 126 valence electrons. The average Bonchev–Trinajstić information content (AvgIpc) is 3.03. The van der Waals surface area contributed by atoms with Gasteiger partial charge in [0.1, 0.15) is 0 Å². The number of urea groups is 1. The first-order valence-corrected chi connectivity index (χ1v) is 8.05. The molecule has 3 rings (SSSR count). The minimum absolute atomic E-state index is 0.0546. The van der Waals surface area contributed by atoms with E-state index in [2.05, 4.69) is 26.1 Å². The molecule has 1 atom stereocenters. The quantitative estimate of drug-likeness (QED) is 0.684. The Balaban J connectivity index is 1.60. The Kier molecular flexibility index (Phi) is 4.71. The van der Waals surface area contributed by atoms with Gasteiger partial charge in [-0.2, -0.15) is 5.10 Å². The summed E-state index contributed by atoms with van der Waals surface area (Å²) in [7, 11) is 1.55. The highest BCUT2D eigenvalue weighted by Crippen LogP contribution is 2.23. The molecule has 0 saturated heterocycles. The summed E-state index contributed by atoms with van der Waals surface area (Å²) >= 11 is 6.13. The number of aryl methyl sites for hydroxylation is 1. The van der Waals surface area contributed by atoms with Crippen molar-refractivity contribution in [1.29, 1.82) is 0 Å². The van der Waals surface area contributed by atoms with Crippen LogP contribution < -0.4 is 16.0 Å². The van der Waals surface area contributed by atoms with E-state index in [0.29, 0.717) is 16.3 Å². The number of halogens is 1. The standard InChI is InChI=1S/C16H18ClN5O2/c1-18-15(23)9-2-4-14(12(17)7-9)21-16(24)20-11-3-5-13-10(6-11)8-19-22-13/h2,4,7-8,11H,3,5-6H2,1H3,(H,18,23)(H,19,22)(H2,20,21,24)/t11-/m0/s1. The summed E-state index contributed by atoms with van der Waals surface area (Å²) in [5.74, 6) is -0.231. The summed E-state index contributed by atoms with van der Waals surface area (Å²) in [5.41, 5.74) is 3.18. The lowest BCUT2D eigenvalue weighted by atomic mass is 9.94. The van der Waals surface area contributed by atoms with Gasteiger partial charge in [-0.25, -0.2) is 4.79 Å². The molecule has 1 heterocycles. The van der Waals surface area contributed by atoms with Crippen molar-refractivity contribution in [2.75, 3.05) is 12.4 Å². The van der Waals surface area contributed by atoms with Crippen LogP contribution >= 0.6 is 11.6 Å². The minimum atomic E-state index is -0.318. The van der Waals surface area contributed by atoms with Gasteiger partial charge in [0.15, 0.2) is 0 Å². The molecule has 1 aliphatic rings. The number of benzene rings is 1. The molecule has 0 spiro atoms. The van der Waals surface area contributed by atoms with Gasteiger partial charge < -0.3 is 16.0 Å². The number of aromatic amines is 1. The summed E-state index contributed by atoms with van der Waals surface area (Å²) < 4.78 is 0. The maximum Gasteiger partial charge on any atom is 0.319 e. The van der Waals surface area contributed by atoms with E-state index < -0.39 is 0 Å². The highest BCUT2D eigenvalue weighted by atomic mass is 35.5. The lowest BCUT2D eigenvalue weighted by molar-refractivity contribution is 0.0963. The van der Waals surface area contributed by atoms with Crippen molar-refractivity contribution < 1.29 is 9.59 Å². The number of H-pyrrole nitrogens is 1. The molecule has 0 radical (unpaired) electrons. The first kappa shape index (κ1) is 16.3. The molecule has 7 nitrogen and oxygen atoms in total. The van der Waals surface area contributed by atoms with E-state index in [1.807, 2.05) is 0 Å². The average molecular weight is 348 g/mol. The predicted molar refractivity (Wildman–Crippen MR) is 91.4 cm³/mol. The first-order valence-electron chi connectivity index (χ1n) is 7.67. The number of fused-ring (bicyclic) bond motifs is 1.